The molecule has 3 rings (SSSR count). The van der Waals surface area contributed by atoms with Crippen molar-refractivity contribution in [3.05, 3.63) is 59.0 Å². The number of nitrogens with zero attached hydrogens (tertiary/aromatic N) is 1. The van der Waals surface area contributed by atoms with E-state index in [4.69, 9.17) is 9.47 Å². The lowest BCUT2D eigenvalue weighted by atomic mass is 9.79. The van der Waals surface area contributed by atoms with E-state index in [2.05, 4.69) is 13.8 Å². The molecule has 0 fully saturated rings. The zero-order chi connectivity index (χ0) is 25.1. The predicted octanol–water partition coefficient (Wildman–Crippen LogP) is 5.77. The fraction of sp³-hybridized carbons (Fsp3) is 0.407. The summed E-state index contributed by atoms with van der Waals surface area (Å²) in [6.45, 7) is 7.73. The Morgan fingerprint density at radius 1 is 1.03 bits per heavy atom. The van der Waals surface area contributed by atoms with Crippen LogP contribution in [0.5, 0.6) is 11.5 Å². The van der Waals surface area contributed by atoms with Gasteiger partial charge in [0.05, 0.1) is 19.6 Å². The molecule has 0 radical (unpaired) electrons. The predicted molar refractivity (Wildman–Crippen MR) is 138 cm³/mol. The Hall–Kier alpha value is -3.06. The van der Waals surface area contributed by atoms with E-state index in [9.17, 15) is 14.7 Å². The first-order chi connectivity index (χ1) is 16.3. The van der Waals surface area contributed by atoms with Crippen molar-refractivity contribution in [1.29, 1.82) is 0 Å². The molecule has 3 aromatic rings. The molecule has 0 aliphatic rings. The van der Waals surface area contributed by atoms with E-state index in [1.54, 1.807) is 37.4 Å². The second-order valence-corrected chi connectivity index (χ2v) is 9.45. The van der Waals surface area contributed by atoms with Gasteiger partial charge in [-0.3, -0.25) is 9.59 Å². The van der Waals surface area contributed by atoms with E-state index in [0.717, 1.165) is 52.9 Å². The zero-order valence-corrected chi connectivity index (χ0v) is 21.5. The summed E-state index contributed by atoms with van der Waals surface area (Å²) in [5.41, 5.74) is -0.175. The molecular weight excluding hydrogens is 450 g/mol. The van der Waals surface area contributed by atoms with Crippen molar-refractivity contribution in [3.8, 4) is 11.5 Å². The average Bonchev–Trinajstić information content (AvgIpc) is 3.24. The van der Waals surface area contributed by atoms with Crippen LogP contribution in [0.25, 0.3) is 10.1 Å². The Morgan fingerprint density at radius 2 is 1.62 bits per heavy atom. The number of aliphatic carboxylic acids is 1. The maximum absolute atomic E-state index is 12.0. The number of carbonyl (C=O) groups is 2. The molecule has 1 aromatic heterocycles. The standard InChI is InChI=1S/C20H20O4S.C7H15NO/c1-20(19(21)22,14-7-5-4-6-8-14)12-15-9-13-10-16(23-2)17(24-3)11-18(13)25-15;1-3-5-8(7-9)6-4-2/h4-11H,12H2,1-3H3,(H,21,22);7H,3-6H2,1-2H3. The van der Waals surface area contributed by atoms with E-state index < -0.39 is 11.4 Å². The highest BCUT2D eigenvalue weighted by molar-refractivity contribution is 7.19. The smallest absolute Gasteiger partial charge is 0.314 e. The minimum Gasteiger partial charge on any atom is -0.493 e. The summed E-state index contributed by atoms with van der Waals surface area (Å²) in [6, 6.07) is 15.3. The molecule has 0 saturated heterocycles. The second kappa shape index (κ2) is 13.0. The summed E-state index contributed by atoms with van der Waals surface area (Å²) in [5, 5.41) is 10.9. The van der Waals surface area contributed by atoms with Gasteiger partial charge in [-0.25, -0.2) is 0 Å². The van der Waals surface area contributed by atoms with Gasteiger partial charge in [-0.2, -0.15) is 0 Å². The molecule has 2 aromatic carbocycles. The van der Waals surface area contributed by atoms with Crippen LogP contribution in [0.2, 0.25) is 0 Å². The Balaban J connectivity index is 0.000000387. The van der Waals surface area contributed by atoms with Gasteiger partial charge in [0.2, 0.25) is 6.41 Å². The molecule has 0 saturated carbocycles. The Labute approximate surface area is 206 Å². The van der Waals surface area contributed by atoms with Crippen molar-refractivity contribution in [1.82, 2.24) is 4.90 Å². The zero-order valence-electron chi connectivity index (χ0n) is 20.7. The molecule has 0 aliphatic carbocycles. The number of ether oxygens (including phenoxy) is 2. The molecule has 6 nitrogen and oxygen atoms in total. The lowest BCUT2D eigenvalue weighted by molar-refractivity contribution is -0.143. The maximum Gasteiger partial charge on any atom is 0.314 e. The van der Waals surface area contributed by atoms with Gasteiger partial charge in [0.1, 0.15) is 0 Å². The molecule has 1 heterocycles. The summed E-state index contributed by atoms with van der Waals surface area (Å²) in [4.78, 5) is 25.0. The SMILES string of the molecule is CCCN(C=O)CCC.COc1cc2cc(CC(C)(C(=O)O)c3ccccc3)sc2cc1OC. The van der Waals surface area contributed by atoms with Gasteiger partial charge in [-0.05, 0) is 42.8 Å². The molecule has 0 bridgehead atoms. The Kier molecular flexibility index (Phi) is 10.4. The largest absolute Gasteiger partial charge is 0.493 e. The molecule has 0 aliphatic heterocycles. The van der Waals surface area contributed by atoms with Gasteiger partial charge in [-0.1, -0.05) is 44.2 Å². The summed E-state index contributed by atoms with van der Waals surface area (Å²) in [7, 11) is 3.21. The molecule has 1 unspecified atom stereocenters. The normalized spacial score (nSPS) is 12.3. The number of carboxylic acid groups (broad SMARTS) is 1. The number of carboxylic acids is 1. The van der Waals surface area contributed by atoms with Crippen LogP contribution >= 0.6 is 11.3 Å². The third-order valence-electron chi connectivity index (χ3n) is 5.65. The third-order valence-corrected chi connectivity index (χ3v) is 6.75. The van der Waals surface area contributed by atoms with Crippen LogP contribution in [0, 0.1) is 0 Å². The number of hydrogen-bond donors (Lipinski definition) is 1. The van der Waals surface area contributed by atoms with Crippen molar-refractivity contribution in [2.45, 2.75) is 45.4 Å². The highest BCUT2D eigenvalue weighted by Gasteiger charge is 2.35. The monoisotopic (exact) mass is 485 g/mol. The van der Waals surface area contributed by atoms with Gasteiger partial charge in [-0.15, -0.1) is 11.3 Å². The minimum atomic E-state index is -0.976. The van der Waals surface area contributed by atoms with Gasteiger partial charge in [0.25, 0.3) is 0 Å². The maximum atomic E-state index is 12.0. The number of fused-ring (bicyclic) bond motifs is 1. The molecule has 7 heteroatoms. The van der Waals surface area contributed by atoms with E-state index in [1.165, 1.54) is 0 Å². The summed E-state index contributed by atoms with van der Waals surface area (Å²) in [6.07, 6.45) is 3.46. The Bertz CT molecular complexity index is 1020. The number of methoxy groups -OCH3 is 2. The van der Waals surface area contributed by atoms with Crippen LogP contribution in [0.3, 0.4) is 0 Å². The fourth-order valence-electron chi connectivity index (χ4n) is 3.76. The van der Waals surface area contributed by atoms with Crippen molar-refractivity contribution >= 4 is 33.8 Å². The van der Waals surface area contributed by atoms with Crippen LogP contribution in [-0.4, -0.2) is 49.7 Å². The van der Waals surface area contributed by atoms with Crippen molar-refractivity contribution in [2.75, 3.05) is 27.3 Å². The van der Waals surface area contributed by atoms with Crippen LogP contribution in [0.4, 0.5) is 0 Å². The van der Waals surface area contributed by atoms with Gasteiger partial charge in [0.15, 0.2) is 11.5 Å². The minimum absolute atomic E-state index is 0.427. The Morgan fingerprint density at radius 3 is 2.12 bits per heavy atom. The first kappa shape index (κ1) is 27.2. The molecule has 0 spiro atoms. The third kappa shape index (κ3) is 6.73. The first-order valence-electron chi connectivity index (χ1n) is 11.5. The molecule has 1 N–H and O–H groups in total. The molecule has 1 amide bonds. The first-order valence-corrected chi connectivity index (χ1v) is 12.3. The lowest BCUT2D eigenvalue weighted by Gasteiger charge is -2.24. The van der Waals surface area contributed by atoms with Crippen LogP contribution < -0.4 is 9.47 Å². The number of rotatable bonds is 11. The van der Waals surface area contributed by atoms with Crippen LogP contribution in [-0.2, 0) is 21.4 Å². The van der Waals surface area contributed by atoms with E-state index in [0.29, 0.717) is 17.9 Å². The van der Waals surface area contributed by atoms with Gasteiger partial charge >= 0.3 is 5.97 Å². The number of amides is 1. The average molecular weight is 486 g/mol. The number of thiophene rings is 1. The van der Waals surface area contributed by atoms with E-state index in [1.807, 2.05) is 48.5 Å². The molecule has 184 valence electrons. The summed E-state index contributed by atoms with van der Waals surface area (Å²) >= 11 is 1.59. The topological polar surface area (TPSA) is 76.1 Å². The fourth-order valence-corrected chi connectivity index (χ4v) is 4.99. The van der Waals surface area contributed by atoms with Crippen molar-refractivity contribution < 1.29 is 24.2 Å². The van der Waals surface area contributed by atoms with Crippen molar-refractivity contribution in [3.63, 3.8) is 0 Å². The van der Waals surface area contributed by atoms with Crippen LogP contribution in [0.15, 0.2) is 48.5 Å². The lowest BCUT2D eigenvalue weighted by Crippen LogP contribution is -2.34. The van der Waals surface area contributed by atoms with Crippen molar-refractivity contribution in [2.24, 2.45) is 0 Å². The summed E-state index contributed by atoms with van der Waals surface area (Å²) in [5.74, 6) is 0.516. The number of hydrogen-bond acceptors (Lipinski definition) is 5. The van der Waals surface area contributed by atoms with Crippen LogP contribution in [0.1, 0.15) is 44.1 Å². The second-order valence-electron chi connectivity index (χ2n) is 8.28. The number of carbonyl (C=O) groups excluding carboxylic acids is 1. The quantitative estimate of drug-likeness (QED) is 0.349. The summed E-state index contributed by atoms with van der Waals surface area (Å²) < 4.78 is 11.7. The van der Waals surface area contributed by atoms with E-state index >= 15 is 0 Å². The highest BCUT2D eigenvalue weighted by Crippen LogP contribution is 2.39. The number of benzene rings is 2. The van der Waals surface area contributed by atoms with Gasteiger partial charge < -0.3 is 19.5 Å². The molecule has 34 heavy (non-hydrogen) atoms. The molecule has 1 atom stereocenters. The molecular formula is C27H35NO5S. The van der Waals surface area contributed by atoms with E-state index in [-0.39, 0.29) is 0 Å². The highest BCUT2D eigenvalue weighted by atomic mass is 32.1. The van der Waals surface area contributed by atoms with Gasteiger partial charge in [0, 0.05) is 35.2 Å².